The van der Waals surface area contributed by atoms with Crippen LogP contribution in [-0.2, 0) is 26.9 Å². The standard InChI is InChI=1S/C21H32N4O2/c1-4-5-13-25(15-12-17-8-10-18(22)11-9-17)14-6-7-19-16-20(26)24(3)21(27)23(19)2/h8-11,16H,4-7,12-15,22H2,1-3H3. The van der Waals surface area contributed by atoms with Crippen molar-refractivity contribution in [3.05, 3.63) is 62.4 Å². The van der Waals surface area contributed by atoms with Crippen molar-refractivity contribution in [1.29, 1.82) is 0 Å². The van der Waals surface area contributed by atoms with Gasteiger partial charge in [-0.25, -0.2) is 4.79 Å². The van der Waals surface area contributed by atoms with Crippen LogP contribution >= 0.6 is 0 Å². The average Bonchev–Trinajstić information content (AvgIpc) is 2.67. The Morgan fingerprint density at radius 1 is 0.926 bits per heavy atom. The first-order valence-electron chi connectivity index (χ1n) is 9.75. The fourth-order valence-corrected chi connectivity index (χ4v) is 3.19. The molecule has 0 aliphatic carbocycles. The summed E-state index contributed by atoms with van der Waals surface area (Å²) < 4.78 is 2.72. The van der Waals surface area contributed by atoms with Gasteiger partial charge in [0, 0.05) is 38.1 Å². The molecule has 6 heteroatoms. The lowest BCUT2D eigenvalue weighted by atomic mass is 10.1. The molecule has 1 heterocycles. The van der Waals surface area contributed by atoms with Crippen molar-refractivity contribution in [2.24, 2.45) is 14.1 Å². The molecule has 0 unspecified atom stereocenters. The van der Waals surface area contributed by atoms with E-state index in [0.717, 1.165) is 54.8 Å². The van der Waals surface area contributed by atoms with Crippen LogP contribution in [0, 0.1) is 0 Å². The summed E-state index contributed by atoms with van der Waals surface area (Å²) in [7, 11) is 3.24. The lowest BCUT2D eigenvalue weighted by Gasteiger charge is -2.22. The van der Waals surface area contributed by atoms with Gasteiger partial charge in [-0.3, -0.25) is 9.36 Å². The molecule has 0 saturated heterocycles. The van der Waals surface area contributed by atoms with Crippen LogP contribution in [0.5, 0.6) is 0 Å². The van der Waals surface area contributed by atoms with Crippen LogP contribution in [0.1, 0.15) is 37.4 Å². The quantitative estimate of drug-likeness (QED) is 0.647. The Balaban J connectivity index is 1.93. The maximum absolute atomic E-state index is 12.0. The molecular formula is C21H32N4O2. The van der Waals surface area contributed by atoms with E-state index in [9.17, 15) is 9.59 Å². The van der Waals surface area contributed by atoms with Crippen molar-refractivity contribution >= 4 is 5.69 Å². The summed E-state index contributed by atoms with van der Waals surface area (Å²) in [6, 6.07) is 9.64. The van der Waals surface area contributed by atoms with Gasteiger partial charge in [0.2, 0.25) is 0 Å². The summed E-state index contributed by atoms with van der Waals surface area (Å²) in [5.41, 5.74) is 8.14. The van der Waals surface area contributed by atoms with E-state index in [2.05, 4.69) is 24.0 Å². The summed E-state index contributed by atoms with van der Waals surface area (Å²) in [4.78, 5) is 26.4. The normalized spacial score (nSPS) is 11.3. The molecule has 27 heavy (non-hydrogen) atoms. The molecule has 0 fully saturated rings. The fraction of sp³-hybridized carbons (Fsp3) is 0.524. The second kappa shape index (κ2) is 10.1. The molecule has 0 radical (unpaired) electrons. The molecule has 0 saturated carbocycles. The Morgan fingerprint density at radius 2 is 1.59 bits per heavy atom. The number of nitrogens with two attached hydrogens (primary N) is 1. The second-order valence-corrected chi connectivity index (χ2v) is 7.16. The Kier molecular flexibility index (Phi) is 7.85. The number of hydrogen-bond acceptors (Lipinski definition) is 4. The molecule has 1 aromatic carbocycles. The van der Waals surface area contributed by atoms with Crippen LogP contribution in [0.2, 0.25) is 0 Å². The SMILES string of the molecule is CCCCN(CCCc1cc(=O)n(C)c(=O)n1C)CCc1ccc(N)cc1. The smallest absolute Gasteiger partial charge is 0.330 e. The largest absolute Gasteiger partial charge is 0.399 e. The van der Waals surface area contributed by atoms with E-state index in [1.807, 2.05) is 12.1 Å². The topological polar surface area (TPSA) is 73.3 Å². The molecule has 0 amide bonds. The molecule has 0 aliphatic heterocycles. The van der Waals surface area contributed by atoms with Gasteiger partial charge in [-0.15, -0.1) is 0 Å². The number of aryl methyl sites for hydroxylation is 1. The fourth-order valence-electron chi connectivity index (χ4n) is 3.19. The lowest BCUT2D eigenvalue weighted by molar-refractivity contribution is 0.268. The molecule has 2 aromatic rings. The van der Waals surface area contributed by atoms with Gasteiger partial charge in [-0.05, 0) is 56.5 Å². The third-order valence-electron chi connectivity index (χ3n) is 5.06. The summed E-state index contributed by atoms with van der Waals surface area (Å²) in [6.07, 6.45) is 4.99. The van der Waals surface area contributed by atoms with E-state index in [4.69, 9.17) is 5.73 Å². The highest BCUT2D eigenvalue weighted by Crippen LogP contribution is 2.08. The third-order valence-corrected chi connectivity index (χ3v) is 5.06. The zero-order valence-electron chi connectivity index (χ0n) is 16.8. The van der Waals surface area contributed by atoms with Crippen molar-refractivity contribution < 1.29 is 0 Å². The van der Waals surface area contributed by atoms with Gasteiger partial charge in [0.15, 0.2) is 0 Å². The summed E-state index contributed by atoms with van der Waals surface area (Å²) in [6.45, 7) is 5.23. The Bertz CT molecular complexity index is 837. The Morgan fingerprint density at radius 3 is 2.26 bits per heavy atom. The van der Waals surface area contributed by atoms with Gasteiger partial charge < -0.3 is 15.2 Å². The minimum absolute atomic E-state index is 0.237. The van der Waals surface area contributed by atoms with Crippen LogP contribution in [0.25, 0.3) is 0 Å². The minimum Gasteiger partial charge on any atom is -0.399 e. The molecular weight excluding hydrogens is 340 g/mol. The zero-order valence-corrected chi connectivity index (χ0v) is 16.8. The third kappa shape index (κ3) is 6.10. The average molecular weight is 373 g/mol. The van der Waals surface area contributed by atoms with Crippen molar-refractivity contribution in [2.75, 3.05) is 25.4 Å². The van der Waals surface area contributed by atoms with E-state index in [-0.39, 0.29) is 11.2 Å². The molecule has 0 atom stereocenters. The Labute approximate surface area is 161 Å². The van der Waals surface area contributed by atoms with Crippen LogP contribution in [-0.4, -0.2) is 33.7 Å². The first-order valence-corrected chi connectivity index (χ1v) is 9.75. The van der Waals surface area contributed by atoms with Crippen LogP contribution in [0.15, 0.2) is 39.9 Å². The number of nitrogen functional groups attached to an aromatic ring is 1. The first kappa shape index (κ1) is 21.0. The maximum Gasteiger partial charge on any atom is 0.330 e. The molecule has 0 bridgehead atoms. The van der Waals surface area contributed by atoms with Gasteiger partial charge in [0.05, 0.1) is 0 Å². The monoisotopic (exact) mass is 372 g/mol. The van der Waals surface area contributed by atoms with Crippen molar-refractivity contribution in [3.63, 3.8) is 0 Å². The number of rotatable bonds is 10. The van der Waals surface area contributed by atoms with Gasteiger partial charge in [0.1, 0.15) is 0 Å². The van der Waals surface area contributed by atoms with Crippen molar-refractivity contribution in [3.8, 4) is 0 Å². The second-order valence-electron chi connectivity index (χ2n) is 7.16. The highest BCUT2D eigenvalue weighted by molar-refractivity contribution is 5.39. The molecule has 0 spiro atoms. The number of hydrogen-bond donors (Lipinski definition) is 1. The van der Waals surface area contributed by atoms with E-state index < -0.39 is 0 Å². The Hall–Kier alpha value is -2.34. The first-order chi connectivity index (χ1) is 12.9. The predicted molar refractivity (Wildman–Crippen MR) is 111 cm³/mol. The highest BCUT2D eigenvalue weighted by Gasteiger charge is 2.09. The van der Waals surface area contributed by atoms with Crippen LogP contribution in [0.3, 0.4) is 0 Å². The van der Waals surface area contributed by atoms with Crippen LogP contribution in [0.4, 0.5) is 5.69 Å². The van der Waals surface area contributed by atoms with Gasteiger partial charge in [-0.2, -0.15) is 0 Å². The molecule has 0 aliphatic rings. The summed E-state index contributed by atoms with van der Waals surface area (Å²) in [5.74, 6) is 0. The van der Waals surface area contributed by atoms with Gasteiger partial charge >= 0.3 is 5.69 Å². The van der Waals surface area contributed by atoms with Gasteiger partial charge in [-0.1, -0.05) is 25.5 Å². The number of aromatic nitrogens is 2. The molecule has 148 valence electrons. The van der Waals surface area contributed by atoms with Gasteiger partial charge in [0.25, 0.3) is 5.56 Å². The van der Waals surface area contributed by atoms with E-state index in [0.29, 0.717) is 0 Å². The molecule has 2 rings (SSSR count). The van der Waals surface area contributed by atoms with E-state index in [1.165, 1.54) is 25.5 Å². The molecule has 2 N–H and O–H groups in total. The van der Waals surface area contributed by atoms with Crippen molar-refractivity contribution in [1.82, 2.24) is 14.0 Å². The molecule has 6 nitrogen and oxygen atoms in total. The number of nitrogens with zero attached hydrogens (tertiary/aromatic N) is 3. The molecule has 1 aromatic heterocycles. The number of anilines is 1. The maximum atomic E-state index is 12.0. The van der Waals surface area contributed by atoms with E-state index >= 15 is 0 Å². The number of benzene rings is 1. The van der Waals surface area contributed by atoms with Crippen LogP contribution < -0.4 is 17.0 Å². The highest BCUT2D eigenvalue weighted by atomic mass is 16.2. The summed E-state index contributed by atoms with van der Waals surface area (Å²) in [5, 5.41) is 0. The predicted octanol–water partition coefficient (Wildman–Crippen LogP) is 1.94. The minimum atomic E-state index is -0.260. The number of unbranched alkanes of at least 4 members (excludes halogenated alkanes) is 1. The summed E-state index contributed by atoms with van der Waals surface area (Å²) >= 11 is 0. The lowest BCUT2D eigenvalue weighted by Crippen LogP contribution is -2.38. The van der Waals surface area contributed by atoms with Crippen molar-refractivity contribution in [2.45, 2.75) is 39.0 Å². The zero-order chi connectivity index (χ0) is 19.8. The van der Waals surface area contributed by atoms with E-state index in [1.54, 1.807) is 17.7 Å².